The van der Waals surface area contributed by atoms with Crippen LogP contribution in [0.2, 0.25) is 0 Å². The third-order valence-electron chi connectivity index (χ3n) is 2.86. The van der Waals surface area contributed by atoms with Crippen LogP contribution in [0.4, 0.5) is 14.5 Å². The van der Waals surface area contributed by atoms with Crippen molar-refractivity contribution in [2.75, 3.05) is 11.6 Å². The van der Waals surface area contributed by atoms with Crippen molar-refractivity contribution in [3.05, 3.63) is 59.7 Å². The number of alkyl halides is 2. The monoisotopic (exact) mass is 323 g/mol. The van der Waals surface area contributed by atoms with Gasteiger partial charge in [0.1, 0.15) is 5.75 Å². The number of nitrogens with one attached hydrogen (secondary N) is 1. The number of thioether (sulfide) groups is 1. The van der Waals surface area contributed by atoms with Crippen LogP contribution in [0.3, 0.4) is 0 Å². The lowest BCUT2D eigenvalue weighted by Crippen LogP contribution is -2.11. The lowest BCUT2D eigenvalue weighted by Gasteiger charge is -2.08. The Hall–Kier alpha value is -2.08. The number of carbonyl (C=O) groups is 1. The van der Waals surface area contributed by atoms with Crippen molar-refractivity contribution in [1.82, 2.24) is 0 Å². The average Bonchev–Trinajstić information content (AvgIpc) is 2.50. The van der Waals surface area contributed by atoms with Crippen LogP contribution in [-0.4, -0.2) is 18.8 Å². The second-order valence-corrected chi connectivity index (χ2v) is 5.35. The molecule has 116 valence electrons. The fourth-order valence-electron chi connectivity index (χ4n) is 1.84. The van der Waals surface area contributed by atoms with Crippen molar-refractivity contribution in [3.63, 3.8) is 0 Å². The Labute approximate surface area is 131 Å². The molecule has 0 aliphatic carbocycles. The fourth-order valence-corrected chi connectivity index (χ4v) is 2.37. The number of benzene rings is 2. The molecule has 3 nitrogen and oxygen atoms in total. The molecule has 0 saturated carbocycles. The van der Waals surface area contributed by atoms with E-state index in [1.54, 1.807) is 23.9 Å². The highest BCUT2D eigenvalue weighted by Gasteiger charge is 2.07. The topological polar surface area (TPSA) is 38.3 Å². The minimum atomic E-state index is -2.86. The molecule has 0 atom stereocenters. The maximum Gasteiger partial charge on any atom is 0.387 e. The van der Waals surface area contributed by atoms with Gasteiger partial charge in [-0.3, -0.25) is 4.79 Å². The molecule has 0 aromatic heterocycles. The molecule has 0 bridgehead atoms. The summed E-state index contributed by atoms with van der Waals surface area (Å²) in [6.07, 6.45) is 2.02. The Balaban J connectivity index is 1.99. The third-order valence-corrected chi connectivity index (χ3v) is 3.49. The largest absolute Gasteiger partial charge is 0.435 e. The van der Waals surface area contributed by atoms with E-state index in [9.17, 15) is 13.6 Å². The Kier molecular flexibility index (Phi) is 5.77. The van der Waals surface area contributed by atoms with Gasteiger partial charge in [-0.15, -0.1) is 0 Å². The van der Waals surface area contributed by atoms with Gasteiger partial charge in [0, 0.05) is 17.0 Å². The summed E-state index contributed by atoms with van der Waals surface area (Å²) in [6.45, 7) is -2.86. The Bertz CT molecular complexity index is 615. The zero-order chi connectivity index (χ0) is 15.9. The van der Waals surface area contributed by atoms with Gasteiger partial charge < -0.3 is 10.1 Å². The molecule has 2 aromatic carbocycles. The number of ether oxygens (including phenoxy) is 1. The first-order valence-corrected chi connectivity index (χ1v) is 7.92. The van der Waals surface area contributed by atoms with E-state index in [4.69, 9.17) is 0 Å². The molecule has 22 heavy (non-hydrogen) atoms. The molecule has 0 aliphatic rings. The van der Waals surface area contributed by atoms with Gasteiger partial charge in [-0.2, -0.15) is 20.5 Å². The Morgan fingerprint density at radius 2 is 1.77 bits per heavy atom. The summed E-state index contributed by atoms with van der Waals surface area (Å²) in [5, 5.41) is 2.70. The van der Waals surface area contributed by atoms with Crippen LogP contribution in [-0.2, 0) is 5.75 Å². The standard InChI is InChI=1S/C16H15F2NO2S/c1-22-10-11-2-4-12(5-3-11)15(20)19-13-6-8-14(9-7-13)21-16(17)18/h2-9,16H,10H2,1H3,(H,19,20). The van der Waals surface area contributed by atoms with Crippen molar-refractivity contribution in [2.45, 2.75) is 12.4 Å². The molecule has 0 spiro atoms. The predicted molar refractivity (Wildman–Crippen MR) is 84.7 cm³/mol. The van der Waals surface area contributed by atoms with E-state index in [-0.39, 0.29) is 11.7 Å². The molecule has 0 heterocycles. The van der Waals surface area contributed by atoms with E-state index >= 15 is 0 Å². The Morgan fingerprint density at radius 3 is 2.32 bits per heavy atom. The zero-order valence-electron chi connectivity index (χ0n) is 11.9. The smallest absolute Gasteiger partial charge is 0.387 e. The molecule has 1 N–H and O–H groups in total. The van der Waals surface area contributed by atoms with E-state index in [2.05, 4.69) is 10.1 Å². The van der Waals surface area contributed by atoms with Gasteiger partial charge in [0.05, 0.1) is 0 Å². The molecule has 6 heteroatoms. The summed E-state index contributed by atoms with van der Waals surface area (Å²) in [5.41, 5.74) is 2.20. The summed E-state index contributed by atoms with van der Waals surface area (Å²) in [6, 6.07) is 13.1. The number of halogens is 2. The van der Waals surface area contributed by atoms with Gasteiger partial charge in [0.25, 0.3) is 5.91 Å². The van der Waals surface area contributed by atoms with E-state index < -0.39 is 6.61 Å². The molecule has 0 aliphatic heterocycles. The first kappa shape index (κ1) is 16.3. The molecule has 2 rings (SSSR count). The lowest BCUT2D eigenvalue weighted by atomic mass is 10.1. The highest BCUT2D eigenvalue weighted by Crippen LogP contribution is 2.18. The number of hydrogen-bond donors (Lipinski definition) is 1. The van der Waals surface area contributed by atoms with Crippen LogP contribution in [0.5, 0.6) is 5.75 Å². The van der Waals surface area contributed by atoms with Crippen molar-refractivity contribution < 1.29 is 18.3 Å². The SMILES string of the molecule is CSCc1ccc(C(=O)Nc2ccc(OC(F)F)cc2)cc1. The molecule has 2 aromatic rings. The number of anilines is 1. The number of hydrogen-bond acceptors (Lipinski definition) is 3. The van der Waals surface area contributed by atoms with Gasteiger partial charge in [-0.25, -0.2) is 0 Å². The van der Waals surface area contributed by atoms with E-state index in [1.807, 2.05) is 18.4 Å². The van der Waals surface area contributed by atoms with E-state index in [0.717, 1.165) is 11.3 Å². The van der Waals surface area contributed by atoms with Crippen molar-refractivity contribution in [1.29, 1.82) is 0 Å². The van der Waals surface area contributed by atoms with Gasteiger partial charge in [-0.05, 0) is 48.2 Å². The maximum atomic E-state index is 12.1. The molecular weight excluding hydrogens is 308 g/mol. The van der Waals surface area contributed by atoms with E-state index in [1.165, 1.54) is 24.3 Å². The molecule has 0 fully saturated rings. The van der Waals surface area contributed by atoms with Crippen LogP contribution in [0.15, 0.2) is 48.5 Å². The minimum Gasteiger partial charge on any atom is -0.435 e. The summed E-state index contributed by atoms with van der Waals surface area (Å²) in [7, 11) is 0. The predicted octanol–water partition coefficient (Wildman–Crippen LogP) is 4.40. The van der Waals surface area contributed by atoms with Crippen molar-refractivity contribution >= 4 is 23.4 Å². The third kappa shape index (κ3) is 4.73. The maximum absolute atomic E-state index is 12.1. The summed E-state index contributed by atoms with van der Waals surface area (Å²) >= 11 is 1.71. The van der Waals surface area contributed by atoms with Gasteiger partial charge in [-0.1, -0.05) is 12.1 Å². The van der Waals surface area contributed by atoms with E-state index in [0.29, 0.717) is 11.3 Å². The van der Waals surface area contributed by atoms with Crippen LogP contribution in [0, 0.1) is 0 Å². The molecule has 0 radical (unpaired) electrons. The number of rotatable bonds is 6. The van der Waals surface area contributed by atoms with Gasteiger partial charge >= 0.3 is 6.61 Å². The van der Waals surface area contributed by atoms with Gasteiger partial charge in [0.2, 0.25) is 0 Å². The quantitative estimate of drug-likeness (QED) is 0.856. The number of amides is 1. The zero-order valence-corrected chi connectivity index (χ0v) is 12.7. The highest BCUT2D eigenvalue weighted by atomic mass is 32.2. The summed E-state index contributed by atoms with van der Waals surface area (Å²) < 4.78 is 28.3. The first-order valence-electron chi connectivity index (χ1n) is 6.52. The van der Waals surface area contributed by atoms with Gasteiger partial charge in [0.15, 0.2) is 0 Å². The number of carbonyl (C=O) groups excluding carboxylic acids is 1. The average molecular weight is 323 g/mol. The minimum absolute atomic E-state index is 0.0504. The summed E-state index contributed by atoms with van der Waals surface area (Å²) in [5.74, 6) is 0.695. The normalized spacial score (nSPS) is 10.5. The molecule has 0 unspecified atom stereocenters. The molecular formula is C16H15F2NO2S. The fraction of sp³-hybridized carbons (Fsp3) is 0.188. The second kappa shape index (κ2) is 7.79. The van der Waals surface area contributed by atoms with Crippen LogP contribution < -0.4 is 10.1 Å². The summed E-state index contributed by atoms with van der Waals surface area (Å²) in [4.78, 5) is 12.1. The Morgan fingerprint density at radius 1 is 1.14 bits per heavy atom. The van der Waals surface area contributed by atoms with Crippen LogP contribution in [0.1, 0.15) is 15.9 Å². The first-order chi connectivity index (χ1) is 10.6. The molecule has 1 amide bonds. The lowest BCUT2D eigenvalue weighted by molar-refractivity contribution is -0.0498. The van der Waals surface area contributed by atoms with Crippen LogP contribution in [0.25, 0.3) is 0 Å². The van der Waals surface area contributed by atoms with Crippen molar-refractivity contribution in [2.24, 2.45) is 0 Å². The molecule has 0 saturated heterocycles. The second-order valence-electron chi connectivity index (χ2n) is 4.49. The van der Waals surface area contributed by atoms with Crippen molar-refractivity contribution in [3.8, 4) is 5.75 Å². The van der Waals surface area contributed by atoms with Crippen LogP contribution >= 0.6 is 11.8 Å². The highest BCUT2D eigenvalue weighted by molar-refractivity contribution is 7.97.